The van der Waals surface area contributed by atoms with Gasteiger partial charge < -0.3 is 19.7 Å². The van der Waals surface area contributed by atoms with Gasteiger partial charge in [-0.3, -0.25) is 13.9 Å². The van der Waals surface area contributed by atoms with Crippen molar-refractivity contribution in [1.82, 2.24) is 10.2 Å². The first-order valence-corrected chi connectivity index (χ1v) is 14.9. The van der Waals surface area contributed by atoms with Crippen LogP contribution in [0.2, 0.25) is 10.0 Å². The number of nitrogens with zero attached hydrogens (tertiary/aromatic N) is 2. The molecule has 0 fully saturated rings. The first-order chi connectivity index (χ1) is 19.4. The molecular formula is C29H33Cl2N3O6S. The lowest BCUT2D eigenvalue weighted by molar-refractivity contribution is -0.139. The summed E-state index contributed by atoms with van der Waals surface area (Å²) in [6.45, 7) is 4.57. The van der Waals surface area contributed by atoms with Gasteiger partial charge >= 0.3 is 0 Å². The van der Waals surface area contributed by atoms with Crippen LogP contribution in [0.1, 0.15) is 26.3 Å². The average Bonchev–Trinajstić information content (AvgIpc) is 2.95. The van der Waals surface area contributed by atoms with Crippen molar-refractivity contribution in [1.29, 1.82) is 0 Å². The molecule has 220 valence electrons. The number of anilines is 1. The van der Waals surface area contributed by atoms with E-state index in [1.54, 1.807) is 63.2 Å². The summed E-state index contributed by atoms with van der Waals surface area (Å²) < 4.78 is 39.5. The van der Waals surface area contributed by atoms with Crippen LogP contribution in [0.25, 0.3) is 0 Å². The van der Waals surface area contributed by atoms with Crippen LogP contribution < -0.4 is 19.1 Å². The highest BCUT2D eigenvalue weighted by atomic mass is 35.5. The van der Waals surface area contributed by atoms with E-state index in [9.17, 15) is 18.0 Å². The molecular weight excluding hydrogens is 589 g/mol. The Morgan fingerprint density at radius 2 is 1.54 bits per heavy atom. The van der Waals surface area contributed by atoms with Gasteiger partial charge in [0.2, 0.25) is 11.8 Å². The number of nitrogens with one attached hydrogen (secondary N) is 1. The molecule has 0 aliphatic heterocycles. The quantitative estimate of drug-likeness (QED) is 0.300. The Kier molecular flexibility index (Phi) is 10.9. The minimum Gasteiger partial charge on any atom is -0.493 e. The van der Waals surface area contributed by atoms with E-state index in [4.69, 9.17) is 32.7 Å². The Labute approximate surface area is 251 Å². The number of amides is 2. The standard InChI is InChI=1S/C29H33Cl2N3O6S/c1-19(2)32-29(36)20(3)33(17-21-11-13-24(30)25(31)15-21)28(35)18-34(41(37,38)23-9-7-6-8-10-23)22-12-14-26(39-4)27(16-22)40-5/h6-16,19-20H,17-18H2,1-5H3,(H,32,36)/t20-/m0/s1. The zero-order chi connectivity index (χ0) is 30.3. The molecule has 0 heterocycles. The van der Waals surface area contributed by atoms with E-state index in [1.807, 2.05) is 0 Å². The first kappa shape index (κ1) is 32.0. The Hall–Kier alpha value is -3.47. The Morgan fingerprint density at radius 3 is 2.12 bits per heavy atom. The molecule has 2 amide bonds. The number of benzene rings is 3. The number of rotatable bonds is 12. The fourth-order valence-corrected chi connectivity index (χ4v) is 5.80. The topological polar surface area (TPSA) is 105 Å². The molecule has 3 aromatic carbocycles. The summed E-state index contributed by atoms with van der Waals surface area (Å²) in [5, 5.41) is 3.44. The lowest BCUT2D eigenvalue weighted by atomic mass is 10.1. The Balaban J connectivity index is 2.09. The largest absolute Gasteiger partial charge is 0.493 e. The molecule has 0 aromatic heterocycles. The zero-order valence-electron chi connectivity index (χ0n) is 23.4. The van der Waals surface area contributed by atoms with E-state index >= 15 is 0 Å². The monoisotopic (exact) mass is 621 g/mol. The van der Waals surface area contributed by atoms with Gasteiger partial charge in [0.05, 0.1) is 34.8 Å². The number of ether oxygens (including phenoxy) is 2. The van der Waals surface area contributed by atoms with Gasteiger partial charge in [0.15, 0.2) is 11.5 Å². The van der Waals surface area contributed by atoms with Gasteiger partial charge in [-0.2, -0.15) is 0 Å². The molecule has 0 radical (unpaired) electrons. The SMILES string of the molecule is COc1ccc(N(CC(=O)N(Cc2ccc(Cl)c(Cl)c2)[C@@H](C)C(=O)NC(C)C)S(=O)(=O)c2ccccc2)cc1OC. The third kappa shape index (κ3) is 7.84. The Morgan fingerprint density at radius 1 is 0.878 bits per heavy atom. The minimum absolute atomic E-state index is 0.00998. The lowest BCUT2D eigenvalue weighted by Gasteiger charge is -2.32. The van der Waals surface area contributed by atoms with Crippen molar-refractivity contribution in [2.24, 2.45) is 0 Å². The predicted molar refractivity (Wildman–Crippen MR) is 160 cm³/mol. The lowest BCUT2D eigenvalue weighted by Crippen LogP contribution is -2.52. The molecule has 41 heavy (non-hydrogen) atoms. The van der Waals surface area contributed by atoms with Gasteiger partial charge in [-0.15, -0.1) is 0 Å². The summed E-state index contributed by atoms with van der Waals surface area (Å²) in [6, 6.07) is 16.1. The van der Waals surface area contributed by atoms with Crippen LogP contribution in [0.5, 0.6) is 11.5 Å². The second-order valence-electron chi connectivity index (χ2n) is 9.47. The molecule has 0 spiro atoms. The van der Waals surface area contributed by atoms with Crippen LogP contribution >= 0.6 is 23.2 Å². The maximum absolute atomic E-state index is 14.0. The third-order valence-electron chi connectivity index (χ3n) is 6.20. The fourth-order valence-electron chi connectivity index (χ4n) is 4.05. The molecule has 0 unspecified atom stereocenters. The van der Waals surface area contributed by atoms with Crippen LogP contribution in [-0.2, 0) is 26.2 Å². The number of hydrogen-bond acceptors (Lipinski definition) is 6. The van der Waals surface area contributed by atoms with Gasteiger partial charge in [0.25, 0.3) is 10.0 Å². The van der Waals surface area contributed by atoms with E-state index < -0.39 is 34.4 Å². The summed E-state index contributed by atoms with van der Waals surface area (Å²) >= 11 is 12.3. The van der Waals surface area contributed by atoms with E-state index in [2.05, 4.69) is 5.32 Å². The zero-order valence-corrected chi connectivity index (χ0v) is 25.8. The number of methoxy groups -OCH3 is 2. The maximum atomic E-state index is 14.0. The van der Waals surface area contributed by atoms with Crippen LogP contribution in [0.15, 0.2) is 71.6 Å². The molecule has 1 N–H and O–H groups in total. The van der Waals surface area contributed by atoms with Crippen molar-refractivity contribution < 1.29 is 27.5 Å². The van der Waals surface area contributed by atoms with Crippen molar-refractivity contribution in [3.8, 4) is 11.5 Å². The molecule has 9 nitrogen and oxygen atoms in total. The van der Waals surface area contributed by atoms with E-state index in [-0.39, 0.29) is 33.9 Å². The van der Waals surface area contributed by atoms with E-state index in [0.717, 1.165) is 4.31 Å². The molecule has 3 rings (SSSR count). The highest BCUT2D eigenvalue weighted by molar-refractivity contribution is 7.92. The smallest absolute Gasteiger partial charge is 0.264 e. The molecule has 12 heteroatoms. The number of carbonyl (C=O) groups excluding carboxylic acids is 2. The molecule has 0 aliphatic carbocycles. The molecule has 0 aliphatic rings. The molecule has 0 saturated carbocycles. The summed E-state index contributed by atoms with van der Waals surface area (Å²) in [7, 11) is -1.34. The second kappa shape index (κ2) is 13.9. The van der Waals surface area contributed by atoms with Gasteiger partial charge in [-0.25, -0.2) is 8.42 Å². The van der Waals surface area contributed by atoms with Crippen molar-refractivity contribution in [2.75, 3.05) is 25.1 Å². The van der Waals surface area contributed by atoms with Crippen LogP contribution in [0.4, 0.5) is 5.69 Å². The van der Waals surface area contributed by atoms with Crippen molar-refractivity contribution in [3.05, 3.63) is 82.3 Å². The molecule has 0 bridgehead atoms. The molecule has 1 atom stereocenters. The van der Waals surface area contributed by atoms with Gasteiger partial charge in [0.1, 0.15) is 12.6 Å². The van der Waals surface area contributed by atoms with Crippen molar-refractivity contribution in [3.63, 3.8) is 0 Å². The Bertz CT molecular complexity index is 1490. The van der Waals surface area contributed by atoms with Crippen molar-refractivity contribution in [2.45, 2.75) is 44.3 Å². The van der Waals surface area contributed by atoms with Crippen LogP contribution in [-0.4, -0.2) is 58.0 Å². The number of sulfonamides is 1. The van der Waals surface area contributed by atoms with Gasteiger partial charge in [0, 0.05) is 18.7 Å². The first-order valence-electron chi connectivity index (χ1n) is 12.7. The fraction of sp³-hybridized carbons (Fsp3) is 0.310. The third-order valence-corrected chi connectivity index (χ3v) is 8.73. The van der Waals surface area contributed by atoms with Crippen molar-refractivity contribution >= 4 is 50.7 Å². The minimum atomic E-state index is -4.23. The summed E-state index contributed by atoms with van der Waals surface area (Å²) in [5.41, 5.74) is 0.786. The normalized spacial score (nSPS) is 12.0. The summed E-state index contributed by atoms with van der Waals surface area (Å²) in [6.07, 6.45) is 0. The number of halogens is 2. The number of carbonyl (C=O) groups is 2. The highest BCUT2D eigenvalue weighted by Crippen LogP contribution is 2.34. The van der Waals surface area contributed by atoms with Gasteiger partial charge in [-0.1, -0.05) is 47.5 Å². The van der Waals surface area contributed by atoms with Crippen LogP contribution in [0, 0.1) is 0 Å². The molecule has 3 aromatic rings. The number of hydrogen-bond donors (Lipinski definition) is 1. The highest BCUT2D eigenvalue weighted by Gasteiger charge is 2.33. The average molecular weight is 623 g/mol. The predicted octanol–water partition coefficient (Wildman–Crippen LogP) is 5.15. The molecule has 0 saturated heterocycles. The maximum Gasteiger partial charge on any atom is 0.264 e. The van der Waals surface area contributed by atoms with E-state index in [0.29, 0.717) is 16.3 Å². The summed E-state index contributed by atoms with van der Waals surface area (Å²) in [5.74, 6) is -0.336. The van der Waals surface area contributed by atoms with Crippen LogP contribution in [0.3, 0.4) is 0 Å². The van der Waals surface area contributed by atoms with Gasteiger partial charge in [-0.05, 0) is 62.7 Å². The second-order valence-corrected chi connectivity index (χ2v) is 12.2. The summed E-state index contributed by atoms with van der Waals surface area (Å²) in [4.78, 5) is 28.3. The van der Waals surface area contributed by atoms with E-state index in [1.165, 1.54) is 43.4 Å².